The first kappa shape index (κ1) is 5.08. The van der Waals surface area contributed by atoms with E-state index in [2.05, 4.69) is 10.3 Å². The number of ether oxygens (including phenoxy) is 1. The number of rotatable bonds is 1. The summed E-state index contributed by atoms with van der Waals surface area (Å²) in [6, 6.07) is 0.278. The van der Waals surface area contributed by atoms with Gasteiger partial charge in [-0.25, -0.2) is 4.99 Å². The van der Waals surface area contributed by atoms with Gasteiger partial charge in [-0.15, -0.1) is 0 Å². The molecular weight excluding hydrogens is 108 g/mol. The monoisotopic (exact) mass is 113 g/mol. The minimum Gasteiger partial charge on any atom is -0.463 e. The molecule has 1 N–H and O–H groups in total. The maximum absolute atomic E-state index is 9.56. The third-order valence-electron chi connectivity index (χ3n) is 0.743. The molecule has 0 saturated heterocycles. The predicted octanol–water partition coefficient (Wildman–Crippen LogP) is -0.971. The number of aliphatic imine (C=N–C) groups is 1. The Hall–Kier alpha value is -1.06. The third kappa shape index (κ3) is 0.959. The molecule has 0 atom stereocenters. The molecule has 0 aromatic heterocycles. The van der Waals surface area contributed by atoms with E-state index >= 15 is 0 Å². The van der Waals surface area contributed by atoms with Crippen molar-refractivity contribution in [1.29, 1.82) is 0 Å². The van der Waals surface area contributed by atoms with E-state index in [0.29, 0.717) is 13.2 Å². The lowest BCUT2D eigenvalue weighted by Crippen LogP contribution is -2.20. The zero-order chi connectivity index (χ0) is 5.82. The summed E-state index contributed by atoms with van der Waals surface area (Å²) in [5.41, 5.74) is 0. The van der Waals surface area contributed by atoms with Crippen LogP contribution in [0.1, 0.15) is 0 Å². The third-order valence-corrected chi connectivity index (χ3v) is 0.743. The quantitative estimate of drug-likeness (QED) is 0.445. The van der Waals surface area contributed by atoms with Crippen molar-refractivity contribution in [3.63, 3.8) is 0 Å². The van der Waals surface area contributed by atoms with Crippen LogP contribution in [0.4, 0.5) is 0 Å². The highest BCUT2D eigenvalue weighted by molar-refractivity contribution is 5.84. The van der Waals surface area contributed by atoms with Crippen LogP contribution in [0.3, 0.4) is 0 Å². The fourth-order valence-electron chi connectivity index (χ4n) is 0.454. The summed E-state index contributed by atoms with van der Waals surface area (Å²) in [4.78, 5) is 13.3. The number of carbonyl (C=O) groups excluding carboxylic acids is 1. The Bertz CT molecular complexity index is 121. The largest absolute Gasteiger partial charge is 0.463 e. The Morgan fingerprint density at radius 2 is 2.75 bits per heavy atom. The average molecular weight is 113 g/mol. The highest BCUT2D eigenvalue weighted by atomic mass is 16.5. The van der Waals surface area contributed by atoms with Crippen LogP contribution in [0.5, 0.6) is 0 Å². The van der Waals surface area contributed by atoms with E-state index in [-0.39, 0.29) is 6.02 Å². The maximum atomic E-state index is 9.56. The first-order valence-electron chi connectivity index (χ1n) is 2.24. The molecule has 1 amide bonds. The Morgan fingerprint density at radius 1 is 1.88 bits per heavy atom. The average Bonchev–Trinajstić information content (AvgIpc) is 2.19. The van der Waals surface area contributed by atoms with Gasteiger partial charge in [0.05, 0.1) is 6.54 Å². The number of nitrogens with zero attached hydrogens (tertiary/aromatic N) is 1. The summed E-state index contributed by atoms with van der Waals surface area (Å²) in [5, 5.41) is 2.17. The van der Waals surface area contributed by atoms with Gasteiger partial charge < -0.3 is 4.74 Å². The van der Waals surface area contributed by atoms with Crippen LogP contribution in [0.15, 0.2) is 4.99 Å². The lowest BCUT2D eigenvalue weighted by atomic mass is 10.8. The van der Waals surface area contributed by atoms with Crippen molar-refractivity contribution in [2.75, 3.05) is 13.2 Å². The zero-order valence-electron chi connectivity index (χ0n) is 4.18. The van der Waals surface area contributed by atoms with Gasteiger partial charge in [-0.3, -0.25) is 10.1 Å². The van der Waals surface area contributed by atoms with Crippen molar-refractivity contribution in [2.45, 2.75) is 0 Å². The van der Waals surface area contributed by atoms with Crippen molar-refractivity contribution >= 4 is 12.4 Å². The molecule has 1 heterocycles. The van der Waals surface area contributed by atoms with E-state index in [0.717, 1.165) is 0 Å². The fourth-order valence-corrected chi connectivity index (χ4v) is 0.454. The first-order valence-corrected chi connectivity index (χ1v) is 2.24. The van der Waals surface area contributed by atoms with Crippen LogP contribution in [0.2, 0.25) is 0 Å². The van der Waals surface area contributed by atoms with Crippen LogP contribution in [0.25, 0.3) is 0 Å². The lowest BCUT2D eigenvalue weighted by molar-refractivity contribution is 0.337. The lowest BCUT2D eigenvalue weighted by Gasteiger charge is -1.92. The van der Waals surface area contributed by atoms with Crippen LogP contribution in [-0.4, -0.2) is 25.6 Å². The molecule has 0 bridgehead atoms. The summed E-state index contributed by atoms with van der Waals surface area (Å²) < 4.78 is 4.77. The molecule has 4 nitrogen and oxygen atoms in total. The minimum absolute atomic E-state index is 0.278. The van der Waals surface area contributed by atoms with E-state index in [1.54, 1.807) is 0 Å². The molecule has 1 aliphatic heterocycles. The summed E-state index contributed by atoms with van der Waals surface area (Å²) in [6.45, 7) is 1.19. The molecule has 1 rings (SSSR count). The van der Waals surface area contributed by atoms with E-state index in [1.807, 2.05) is 0 Å². The molecule has 0 aromatic rings. The molecule has 43 valence electrons. The number of nitrogens with one attached hydrogen (secondary N) is 1. The van der Waals surface area contributed by atoms with Gasteiger partial charge in [-0.2, -0.15) is 0 Å². The summed E-state index contributed by atoms with van der Waals surface area (Å²) in [5.74, 6) is 0. The van der Waals surface area contributed by atoms with E-state index in [9.17, 15) is 4.79 Å². The van der Waals surface area contributed by atoms with Crippen molar-refractivity contribution in [1.82, 2.24) is 5.32 Å². The summed E-state index contributed by atoms with van der Waals surface area (Å²) in [6.07, 6.45) is 1.45. The standard InChI is InChI=1S/C4H5N2O2/c7-3-6-4-5-1-2-8-4/h1-2H2,(H,5,6,7). The fraction of sp³-hybridized carbons (Fsp3) is 0.500. The molecule has 0 aliphatic carbocycles. The molecule has 0 fully saturated rings. The van der Waals surface area contributed by atoms with Crippen LogP contribution >= 0.6 is 0 Å². The van der Waals surface area contributed by atoms with Crippen molar-refractivity contribution < 1.29 is 9.53 Å². The number of amides is 1. The molecule has 4 heteroatoms. The van der Waals surface area contributed by atoms with E-state index < -0.39 is 0 Å². The number of amidine groups is 1. The van der Waals surface area contributed by atoms with Gasteiger partial charge >= 0.3 is 6.41 Å². The van der Waals surface area contributed by atoms with Gasteiger partial charge in [0.15, 0.2) is 0 Å². The Morgan fingerprint density at radius 3 is 3.25 bits per heavy atom. The highest BCUT2D eigenvalue weighted by Gasteiger charge is 2.03. The SMILES string of the molecule is O=[C]NC1=NCCO1. The molecule has 1 radical (unpaired) electrons. The second kappa shape index (κ2) is 2.30. The predicted molar refractivity (Wildman–Crippen MR) is 27.1 cm³/mol. The van der Waals surface area contributed by atoms with Gasteiger partial charge in [0, 0.05) is 0 Å². The molecule has 0 unspecified atom stereocenters. The molecular formula is C4H5N2O2. The van der Waals surface area contributed by atoms with Crippen molar-refractivity contribution in [2.24, 2.45) is 4.99 Å². The minimum atomic E-state index is 0.278. The van der Waals surface area contributed by atoms with Gasteiger partial charge in [0.25, 0.3) is 6.02 Å². The topological polar surface area (TPSA) is 50.7 Å². The highest BCUT2D eigenvalue weighted by Crippen LogP contribution is 1.87. The second-order valence-electron chi connectivity index (χ2n) is 1.26. The van der Waals surface area contributed by atoms with Crippen molar-refractivity contribution in [3.05, 3.63) is 0 Å². The molecule has 1 aliphatic rings. The van der Waals surface area contributed by atoms with Crippen LogP contribution in [0, 0.1) is 0 Å². The zero-order valence-corrected chi connectivity index (χ0v) is 4.18. The summed E-state index contributed by atoms with van der Waals surface area (Å²) in [7, 11) is 0. The Kier molecular flexibility index (Phi) is 1.46. The maximum Gasteiger partial charge on any atom is 0.317 e. The van der Waals surface area contributed by atoms with E-state index in [1.165, 1.54) is 6.41 Å². The van der Waals surface area contributed by atoms with Gasteiger partial charge in [0.2, 0.25) is 0 Å². The molecule has 0 aromatic carbocycles. The Balaban J connectivity index is 2.33. The molecule has 0 spiro atoms. The molecule has 8 heavy (non-hydrogen) atoms. The number of hydrogen-bond acceptors (Lipinski definition) is 3. The first-order chi connectivity index (χ1) is 3.93. The van der Waals surface area contributed by atoms with Crippen molar-refractivity contribution in [3.8, 4) is 0 Å². The van der Waals surface area contributed by atoms with Gasteiger partial charge in [-0.1, -0.05) is 0 Å². The van der Waals surface area contributed by atoms with Gasteiger partial charge in [-0.05, 0) is 0 Å². The van der Waals surface area contributed by atoms with E-state index in [4.69, 9.17) is 4.74 Å². The number of hydrogen-bond donors (Lipinski definition) is 1. The van der Waals surface area contributed by atoms with Crippen LogP contribution < -0.4 is 5.32 Å². The smallest absolute Gasteiger partial charge is 0.317 e. The van der Waals surface area contributed by atoms with Gasteiger partial charge in [0.1, 0.15) is 6.61 Å². The molecule has 0 saturated carbocycles. The normalized spacial score (nSPS) is 16.8. The van der Waals surface area contributed by atoms with Crippen LogP contribution in [-0.2, 0) is 9.53 Å². The summed E-state index contributed by atoms with van der Waals surface area (Å²) >= 11 is 0. The Labute approximate surface area is 46.5 Å². The second-order valence-corrected chi connectivity index (χ2v) is 1.26.